The van der Waals surface area contributed by atoms with Crippen molar-refractivity contribution in [1.29, 1.82) is 0 Å². The van der Waals surface area contributed by atoms with Crippen LogP contribution in [0.2, 0.25) is 0 Å². The topological polar surface area (TPSA) is 83.6 Å². The number of hydrogen-bond acceptors (Lipinski definition) is 5. The Labute approximate surface area is 170 Å². The lowest BCUT2D eigenvalue weighted by Gasteiger charge is -2.38. The van der Waals surface area contributed by atoms with Crippen LogP contribution in [0.3, 0.4) is 0 Å². The van der Waals surface area contributed by atoms with Crippen LogP contribution in [0.25, 0.3) is 0 Å². The van der Waals surface area contributed by atoms with Crippen LogP contribution in [-0.2, 0) is 33.8 Å². The van der Waals surface area contributed by atoms with Crippen LogP contribution in [0.5, 0.6) is 0 Å². The molecule has 152 valence electrons. The lowest BCUT2D eigenvalue weighted by Crippen LogP contribution is -2.53. The Morgan fingerprint density at radius 2 is 2.21 bits per heavy atom. The van der Waals surface area contributed by atoms with Crippen molar-refractivity contribution < 1.29 is 14.3 Å². The van der Waals surface area contributed by atoms with Gasteiger partial charge in [0.15, 0.2) is 6.10 Å². The molecule has 0 bridgehead atoms. The maximum absolute atomic E-state index is 13.0. The maximum Gasteiger partial charge on any atom is 0.251 e. The summed E-state index contributed by atoms with van der Waals surface area (Å²) >= 11 is 0. The molecule has 3 heterocycles. The quantitative estimate of drug-likeness (QED) is 0.816. The first-order valence-corrected chi connectivity index (χ1v) is 9.92. The molecule has 1 saturated heterocycles. The molecule has 29 heavy (non-hydrogen) atoms. The maximum atomic E-state index is 13.0. The highest BCUT2D eigenvalue weighted by Gasteiger charge is 2.40. The van der Waals surface area contributed by atoms with Gasteiger partial charge in [0.05, 0.1) is 6.04 Å². The molecule has 2 atom stereocenters. The van der Waals surface area contributed by atoms with Crippen molar-refractivity contribution in [3.8, 4) is 0 Å². The number of morpholine rings is 1. The number of ether oxygens (including phenoxy) is 1. The van der Waals surface area contributed by atoms with Gasteiger partial charge in [-0.2, -0.15) is 0 Å². The first-order valence-electron chi connectivity index (χ1n) is 9.92. The molecule has 2 aliphatic heterocycles. The molecular weight excluding hydrogens is 368 g/mol. The van der Waals surface area contributed by atoms with Gasteiger partial charge in [0.1, 0.15) is 6.61 Å². The summed E-state index contributed by atoms with van der Waals surface area (Å²) in [5.74, 6) is -0.359. The van der Waals surface area contributed by atoms with E-state index < -0.39 is 12.1 Å². The summed E-state index contributed by atoms with van der Waals surface area (Å²) in [5, 5.41) is 6.31. The molecule has 2 aromatic rings. The second-order valence-electron chi connectivity index (χ2n) is 7.63. The zero-order valence-corrected chi connectivity index (χ0v) is 16.8. The van der Waals surface area contributed by atoms with Gasteiger partial charge in [-0.25, -0.2) is 0 Å². The number of fused-ring (bicyclic) bond motifs is 1. The van der Waals surface area contributed by atoms with Gasteiger partial charge in [0.2, 0.25) is 5.91 Å². The van der Waals surface area contributed by atoms with E-state index >= 15 is 0 Å². The van der Waals surface area contributed by atoms with E-state index in [1.54, 1.807) is 11.9 Å². The molecule has 2 aliphatic rings. The van der Waals surface area contributed by atoms with Crippen LogP contribution in [0, 0.1) is 6.92 Å². The average molecular weight is 394 g/mol. The summed E-state index contributed by atoms with van der Waals surface area (Å²) in [7, 11) is 1.72. The van der Waals surface area contributed by atoms with Gasteiger partial charge >= 0.3 is 0 Å². The van der Waals surface area contributed by atoms with Crippen molar-refractivity contribution in [2.24, 2.45) is 0 Å². The Balaban J connectivity index is 1.50. The third-order valence-corrected chi connectivity index (χ3v) is 5.69. The standard InChI is InChI=1S/C22H26N4O3/c1-14-5-3-4-6-17(14)20-21(29-13-19(27)26(20)2)22(28)25-11-15-9-16-12-23-8-7-18(16)24-10-15/h3-6,9-10,20-21,23H,7-8,11-13H2,1-2H3,(H,25,28)/t20-,21+/m1/s1. The SMILES string of the molecule is Cc1ccccc1[C@@H]1[C@@H](C(=O)NCc2cnc3c(c2)CNCC3)OCC(=O)N1C. The van der Waals surface area contributed by atoms with Crippen LogP contribution in [0.1, 0.15) is 34.0 Å². The van der Waals surface area contributed by atoms with Crippen molar-refractivity contribution in [1.82, 2.24) is 20.5 Å². The number of aryl methyl sites for hydroxylation is 1. The Bertz CT molecular complexity index is 930. The fourth-order valence-corrected chi connectivity index (χ4v) is 4.00. The summed E-state index contributed by atoms with van der Waals surface area (Å²) in [5.41, 5.74) is 5.19. The first-order chi connectivity index (χ1) is 14.0. The third kappa shape index (κ3) is 4.02. The number of carbonyl (C=O) groups is 2. The number of carbonyl (C=O) groups excluding carboxylic acids is 2. The minimum absolute atomic E-state index is 0.0942. The Morgan fingerprint density at radius 3 is 3.03 bits per heavy atom. The fraction of sp³-hybridized carbons (Fsp3) is 0.409. The molecule has 1 aromatic heterocycles. The predicted molar refractivity (Wildman–Crippen MR) is 108 cm³/mol. The van der Waals surface area contributed by atoms with Crippen molar-refractivity contribution in [2.45, 2.75) is 38.6 Å². The van der Waals surface area contributed by atoms with E-state index in [-0.39, 0.29) is 18.4 Å². The zero-order chi connectivity index (χ0) is 20.4. The molecular formula is C22H26N4O3. The molecule has 7 nitrogen and oxygen atoms in total. The number of rotatable bonds is 4. The van der Waals surface area contributed by atoms with Gasteiger partial charge in [-0.3, -0.25) is 14.6 Å². The first kappa shape index (κ1) is 19.5. The second kappa shape index (κ2) is 8.31. The summed E-state index contributed by atoms with van der Waals surface area (Å²) < 4.78 is 5.69. The molecule has 0 spiro atoms. The summed E-state index contributed by atoms with van der Waals surface area (Å²) in [6.45, 7) is 4.00. The van der Waals surface area contributed by atoms with Crippen LogP contribution in [-0.4, -0.2) is 48.0 Å². The predicted octanol–water partition coefficient (Wildman–Crippen LogP) is 1.25. The summed E-state index contributed by atoms with van der Waals surface area (Å²) in [6, 6.07) is 9.41. The number of hydrogen-bond donors (Lipinski definition) is 2. The molecule has 0 saturated carbocycles. The molecule has 0 unspecified atom stereocenters. The van der Waals surface area contributed by atoms with E-state index in [2.05, 4.69) is 21.7 Å². The number of nitrogens with one attached hydrogen (secondary N) is 2. The van der Waals surface area contributed by atoms with Gasteiger partial charge in [-0.05, 0) is 35.2 Å². The molecule has 1 fully saturated rings. The van der Waals surface area contributed by atoms with Crippen LogP contribution in [0.4, 0.5) is 0 Å². The molecule has 0 aliphatic carbocycles. The van der Waals surface area contributed by atoms with E-state index in [9.17, 15) is 9.59 Å². The smallest absolute Gasteiger partial charge is 0.251 e. The van der Waals surface area contributed by atoms with Crippen molar-refractivity contribution >= 4 is 11.8 Å². The monoisotopic (exact) mass is 394 g/mol. The fourth-order valence-electron chi connectivity index (χ4n) is 4.00. The molecule has 2 amide bonds. The van der Waals surface area contributed by atoms with Gasteiger partial charge < -0.3 is 20.3 Å². The van der Waals surface area contributed by atoms with E-state index in [1.807, 2.05) is 37.4 Å². The number of pyridine rings is 1. The highest BCUT2D eigenvalue weighted by Crippen LogP contribution is 2.31. The van der Waals surface area contributed by atoms with Crippen LogP contribution < -0.4 is 10.6 Å². The van der Waals surface area contributed by atoms with Crippen molar-refractivity contribution in [3.63, 3.8) is 0 Å². The van der Waals surface area contributed by atoms with E-state index in [4.69, 9.17) is 4.74 Å². The molecule has 2 N–H and O–H groups in total. The van der Waals surface area contributed by atoms with Crippen LogP contribution in [0.15, 0.2) is 36.5 Å². The molecule has 4 rings (SSSR count). The molecule has 1 aromatic carbocycles. The van der Waals surface area contributed by atoms with Crippen molar-refractivity contribution in [3.05, 3.63) is 64.5 Å². The lowest BCUT2D eigenvalue weighted by atomic mass is 9.94. The highest BCUT2D eigenvalue weighted by molar-refractivity contribution is 5.86. The minimum Gasteiger partial charge on any atom is -0.356 e. The second-order valence-corrected chi connectivity index (χ2v) is 7.63. The van der Waals surface area contributed by atoms with Crippen LogP contribution >= 0.6 is 0 Å². The average Bonchev–Trinajstić information content (AvgIpc) is 2.74. The Kier molecular flexibility index (Phi) is 5.60. The van der Waals surface area contributed by atoms with Gasteiger partial charge in [-0.15, -0.1) is 0 Å². The number of aromatic nitrogens is 1. The lowest BCUT2D eigenvalue weighted by molar-refractivity contribution is -0.162. The molecule has 0 radical (unpaired) electrons. The normalized spacial score (nSPS) is 21.6. The number of amides is 2. The van der Waals surface area contributed by atoms with E-state index in [0.717, 1.165) is 41.9 Å². The summed E-state index contributed by atoms with van der Waals surface area (Å²) in [4.78, 5) is 31.4. The van der Waals surface area contributed by atoms with Crippen molar-refractivity contribution in [2.75, 3.05) is 20.2 Å². The van der Waals surface area contributed by atoms with Gasteiger partial charge in [-0.1, -0.05) is 24.3 Å². The minimum atomic E-state index is -0.758. The van der Waals surface area contributed by atoms with Gasteiger partial charge in [0, 0.05) is 45.0 Å². The third-order valence-electron chi connectivity index (χ3n) is 5.69. The zero-order valence-electron chi connectivity index (χ0n) is 16.8. The summed E-state index contributed by atoms with van der Waals surface area (Å²) in [6.07, 6.45) is 1.99. The highest BCUT2D eigenvalue weighted by atomic mass is 16.5. The largest absolute Gasteiger partial charge is 0.356 e. The van der Waals surface area contributed by atoms with E-state index in [1.165, 1.54) is 5.56 Å². The number of benzene rings is 1. The molecule has 7 heteroatoms. The number of nitrogens with zero attached hydrogens (tertiary/aromatic N) is 2. The Hall–Kier alpha value is -2.77. The Morgan fingerprint density at radius 1 is 1.38 bits per heavy atom. The van der Waals surface area contributed by atoms with Gasteiger partial charge in [0.25, 0.3) is 5.91 Å². The number of likely N-dealkylation sites (N-methyl/N-ethyl adjacent to an activating group) is 1. The van der Waals surface area contributed by atoms with E-state index in [0.29, 0.717) is 6.54 Å².